The second-order valence-electron chi connectivity index (χ2n) is 4.43. The van der Waals surface area contributed by atoms with Crippen LogP contribution in [0.5, 0.6) is 5.75 Å². The summed E-state index contributed by atoms with van der Waals surface area (Å²) < 4.78 is 32.2. The molecule has 0 aliphatic carbocycles. The zero-order valence-corrected chi connectivity index (χ0v) is 11.6. The Balaban J connectivity index is 1.89. The Morgan fingerprint density at radius 1 is 1.50 bits per heavy atom. The van der Waals surface area contributed by atoms with E-state index in [2.05, 4.69) is 0 Å². The van der Waals surface area contributed by atoms with E-state index in [0.717, 1.165) is 12.7 Å². The van der Waals surface area contributed by atoms with E-state index in [1.54, 1.807) is 6.07 Å². The molecule has 0 unspecified atom stereocenters. The molecule has 0 bridgehead atoms. The lowest BCUT2D eigenvalue weighted by Gasteiger charge is -2.37. The van der Waals surface area contributed by atoms with Crippen LogP contribution in [0.1, 0.15) is 6.42 Å². The average Bonchev–Trinajstić information content (AvgIpc) is 2.34. The first kappa shape index (κ1) is 14.7. The zero-order chi connectivity index (χ0) is 14.8. The highest BCUT2D eigenvalue weighted by atomic mass is 32.2. The summed E-state index contributed by atoms with van der Waals surface area (Å²) in [4.78, 5) is 10.1. The fourth-order valence-corrected chi connectivity index (χ4v) is 2.28. The number of nitrogens with zero attached hydrogens (tertiary/aromatic N) is 2. The van der Waals surface area contributed by atoms with Gasteiger partial charge >= 0.3 is 0 Å². The van der Waals surface area contributed by atoms with Crippen molar-refractivity contribution in [2.45, 2.75) is 12.5 Å². The summed E-state index contributed by atoms with van der Waals surface area (Å²) in [6.45, 7) is 0.715. The molecule has 0 aromatic heterocycles. The summed E-state index contributed by atoms with van der Waals surface area (Å²) in [7, 11) is -3.54. The number of nitro groups is 1. The van der Waals surface area contributed by atoms with E-state index in [0.29, 0.717) is 12.3 Å². The first-order valence-corrected chi connectivity index (χ1v) is 7.70. The highest BCUT2D eigenvalue weighted by Gasteiger charge is 2.32. The monoisotopic (exact) mass is 302 g/mol. The number of hydroxylamine groups is 2. The van der Waals surface area contributed by atoms with Gasteiger partial charge in [0.05, 0.1) is 23.3 Å². The van der Waals surface area contributed by atoms with Gasteiger partial charge in [0.15, 0.2) is 0 Å². The lowest BCUT2D eigenvalue weighted by molar-refractivity contribution is -0.384. The third-order valence-corrected chi connectivity index (χ3v) is 3.25. The molecular weight excluding hydrogens is 288 g/mol. The van der Waals surface area contributed by atoms with Gasteiger partial charge in [-0.1, -0.05) is 6.07 Å². The molecule has 0 amide bonds. The van der Waals surface area contributed by atoms with Crippen LogP contribution in [0, 0.1) is 10.1 Å². The summed E-state index contributed by atoms with van der Waals surface area (Å²) in [5, 5.41) is 11.9. The number of rotatable bonds is 6. The number of hydrogen-bond acceptors (Lipinski definition) is 7. The highest BCUT2D eigenvalue weighted by Crippen LogP contribution is 2.23. The summed E-state index contributed by atoms with van der Waals surface area (Å²) >= 11 is 0. The van der Waals surface area contributed by atoms with Crippen molar-refractivity contribution in [3.8, 4) is 5.75 Å². The van der Waals surface area contributed by atoms with Gasteiger partial charge < -0.3 is 4.74 Å². The molecule has 1 aliphatic heterocycles. The fraction of sp³-hybridized carbons (Fsp3) is 0.455. The molecule has 1 fully saturated rings. The van der Waals surface area contributed by atoms with Crippen LogP contribution in [0.4, 0.5) is 5.69 Å². The highest BCUT2D eigenvalue weighted by molar-refractivity contribution is 7.85. The number of ether oxygens (including phenoxy) is 1. The summed E-state index contributed by atoms with van der Waals surface area (Å²) in [5.41, 5.74) is -0.0552. The Morgan fingerprint density at radius 2 is 2.25 bits per heavy atom. The predicted molar refractivity (Wildman–Crippen MR) is 69.6 cm³/mol. The van der Waals surface area contributed by atoms with E-state index in [9.17, 15) is 18.5 Å². The molecule has 0 saturated carbocycles. The molecule has 1 atom stereocenters. The van der Waals surface area contributed by atoms with Crippen molar-refractivity contribution in [2.75, 3.05) is 19.4 Å². The maximum atomic E-state index is 11.0. The van der Waals surface area contributed by atoms with Gasteiger partial charge in [-0.05, 0) is 12.5 Å². The Kier molecular flexibility index (Phi) is 4.21. The average molecular weight is 302 g/mol. The minimum Gasteiger partial charge on any atom is -0.492 e. The summed E-state index contributed by atoms with van der Waals surface area (Å²) in [6, 6.07) is 5.64. The van der Waals surface area contributed by atoms with E-state index in [4.69, 9.17) is 9.02 Å². The molecule has 110 valence electrons. The zero-order valence-electron chi connectivity index (χ0n) is 10.8. The molecule has 1 aromatic carbocycles. The van der Waals surface area contributed by atoms with Gasteiger partial charge in [-0.3, -0.25) is 10.1 Å². The van der Waals surface area contributed by atoms with Crippen LogP contribution < -0.4 is 4.74 Å². The topological polar surface area (TPSA) is 99.0 Å². The van der Waals surface area contributed by atoms with E-state index < -0.39 is 15.0 Å². The number of non-ortho nitro benzene ring substituents is 1. The van der Waals surface area contributed by atoms with Gasteiger partial charge in [0.25, 0.3) is 15.8 Å². The third kappa shape index (κ3) is 3.89. The smallest absolute Gasteiger partial charge is 0.280 e. The molecule has 8 nitrogen and oxygen atoms in total. The minimum absolute atomic E-state index is 0.0552. The largest absolute Gasteiger partial charge is 0.492 e. The number of nitro benzene ring substituents is 1. The minimum atomic E-state index is -3.54. The number of benzene rings is 1. The molecule has 0 radical (unpaired) electrons. The van der Waals surface area contributed by atoms with Crippen molar-refractivity contribution in [3.63, 3.8) is 0 Å². The lowest BCUT2D eigenvalue weighted by Crippen LogP contribution is -2.51. The van der Waals surface area contributed by atoms with Crippen molar-refractivity contribution in [1.29, 1.82) is 0 Å². The number of hydrogen-bond donors (Lipinski definition) is 0. The van der Waals surface area contributed by atoms with Crippen molar-refractivity contribution in [1.82, 2.24) is 5.06 Å². The Labute approximate surface area is 116 Å². The summed E-state index contributed by atoms with van der Waals surface area (Å²) in [5.74, 6) is 0.366. The van der Waals surface area contributed by atoms with E-state index >= 15 is 0 Å². The predicted octanol–water partition coefficient (Wildman–Crippen LogP) is 0.939. The van der Waals surface area contributed by atoms with Crippen LogP contribution in [0.15, 0.2) is 24.3 Å². The van der Waals surface area contributed by atoms with Crippen LogP contribution >= 0.6 is 0 Å². The molecule has 20 heavy (non-hydrogen) atoms. The fourth-order valence-electron chi connectivity index (χ4n) is 1.73. The second-order valence-corrected chi connectivity index (χ2v) is 5.98. The van der Waals surface area contributed by atoms with E-state index in [1.165, 1.54) is 23.3 Å². The maximum Gasteiger partial charge on any atom is 0.280 e. The van der Waals surface area contributed by atoms with Gasteiger partial charge in [0.1, 0.15) is 12.4 Å². The van der Waals surface area contributed by atoms with Crippen molar-refractivity contribution >= 4 is 15.8 Å². The first-order valence-electron chi connectivity index (χ1n) is 5.88. The van der Waals surface area contributed by atoms with Gasteiger partial charge in [-0.2, -0.15) is 17.8 Å². The van der Waals surface area contributed by atoms with E-state index in [1.807, 2.05) is 0 Å². The van der Waals surface area contributed by atoms with Crippen molar-refractivity contribution < 1.29 is 22.4 Å². The van der Waals surface area contributed by atoms with Crippen LogP contribution in [-0.4, -0.2) is 43.9 Å². The van der Waals surface area contributed by atoms with Crippen LogP contribution in [0.25, 0.3) is 0 Å². The Hall–Kier alpha value is -1.71. The molecular formula is C11H14N2O6S. The molecule has 1 aliphatic rings. The van der Waals surface area contributed by atoms with Crippen molar-refractivity contribution in [2.24, 2.45) is 0 Å². The van der Waals surface area contributed by atoms with Crippen molar-refractivity contribution in [3.05, 3.63) is 34.4 Å². The SMILES string of the molecule is CS(=O)(=O)ON1CC[C@H]1COc1cccc([N+](=O)[O-])c1. The third-order valence-electron chi connectivity index (χ3n) is 2.79. The van der Waals surface area contributed by atoms with Crippen LogP contribution in [0.3, 0.4) is 0 Å². The standard InChI is InChI=1S/C11H14N2O6S/c1-20(16,17)19-12-6-5-10(12)8-18-11-4-2-3-9(7-11)13(14)15/h2-4,7,10H,5-6,8H2,1H3/t10-/m0/s1. The lowest BCUT2D eigenvalue weighted by atomic mass is 10.1. The molecule has 1 heterocycles. The Morgan fingerprint density at radius 3 is 2.80 bits per heavy atom. The summed E-state index contributed by atoms with van der Waals surface area (Å²) in [6.07, 6.45) is 1.72. The van der Waals surface area contributed by atoms with Gasteiger partial charge in [-0.25, -0.2) is 0 Å². The first-order chi connectivity index (χ1) is 9.35. The molecule has 1 aromatic rings. The van der Waals surface area contributed by atoms with E-state index in [-0.39, 0.29) is 18.3 Å². The maximum absolute atomic E-state index is 11.0. The van der Waals surface area contributed by atoms with Crippen LogP contribution in [0.2, 0.25) is 0 Å². The Bertz CT molecular complexity index is 603. The molecule has 1 saturated heterocycles. The molecule has 2 rings (SSSR count). The van der Waals surface area contributed by atoms with Gasteiger partial charge in [0, 0.05) is 12.6 Å². The van der Waals surface area contributed by atoms with Gasteiger partial charge in [-0.15, -0.1) is 0 Å². The molecule has 9 heteroatoms. The second kappa shape index (κ2) is 5.73. The quantitative estimate of drug-likeness (QED) is 0.569. The normalized spacial score (nSPS) is 19.4. The van der Waals surface area contributed by atoms with Crippen LogP contribution in [-0.2, 0) is 14.4 Å². The molecule has 0 N–H and O–H groups in total. The molecule has 0 spiro atoms. The van der Waals surface area contributed by atoms with Gasteiger partial charge in [0.2, 0.25) is 0 Å².